The number of benzene rings is 2. The lowest BCUT2D eigenvalue weighted by Gasteiger charge is -2.09. The fourth-order valence-corrected chi connectivity index (χ4v) is 1.77. The summed E-state index contributed by atoms with van der Waals surface area (Å²) in [5, 5.41) is 12.9. The largest absolute Gasteiger partial charge is 0.380 e. The van der Waals surface area contributed by atoms with Crippen LogP contribution in [0.4, 0.5) is 5.69 Å². The van der Waals surface area contributed by atoms with Crippen molar-refractivity contribution < 1.29 is 0 Å². The van der Waals surface area contributed by atoms with E-state index in [0.29, 0.717) is 12.1 Å². The summed E-state index contributed by atoms with van der Waals surface area (Å²) in [5.41, 5.74) is 2.48. The van der Waals surface area contributed by atoms with Gasteiger partial charge in [-0.2, -0.15) is 5.26 Å². The van der Waals surface area contributed by atoms with Crippen LogP contribution in [0.2, 0.25) is 5.02 Å². The molecule has 0 saturated carbocycles. The van der Waals surface area contributed by atoms with Gasteiger partial charge in [0.2, 0.25) is 0 Å². The van der Waals surface area contributed by atoms with E-state index in [-0.39, 0.29) is 0 Å². The predicted molar refractivity (Wildman–Crippen MR) is 69.9 cm³/mol. The van der Waals surface area contributed by atoms with Crippen LogP contribution in [0, 0.1) is 11.3 Å². The molecule has 0 spiro atoms. The second-order valence-corrected chi connectivity index (χ2v) is 4.01. The Morgan fingerprint density at radius 3 is 2.53 bits per heavy atom. The minimum Gasteiger partial charge on any atom is -0.380 e. The zero-order valence-corrected chi connectivity index (χ0v) is 9.91. The molecule has 0 aromatic heterocycles. The Balaban J connectivity index is 2.13. The zero-order chi connectivity index (χ0) is 12.1. The molecule has 17 heavy (non-hydrogen) atoms. The normalized spacial score (nSPS) is 9.65. The van der Waals surface area contributed by atoms with Crippen LogP contribution in [0.15, 0.2) is 48.5 Å². The second kappa shape index (κ2) is 5.38. The number of nitrogens with zero attached hydrogens (tertiary/aromatic N) is 1. The number of halogens is 1. The van der Waals surface area contributed by atoms with Crippen LogP contribution < -0.4 is 5.32 Å². The number of hydrogen-bond donors (Lipinski definition) is 1. The molecule has 2 aromatic rings. The molecule has 0 aliphatic carbocycles. The third-order valence-electron chi connectivity index (χ3n) is 2.47. The summed E-state index contributed by atoms with van der Waals surface area (Å²) in [5.74, 6) is 0. The van der Waals surface area contributed by atoms with Crippen LogP contribution in [0.5, 0.6) is 0 Å². The molecule has 0 radical (unpaired) electrons. The van der Waals surface area contributed by atoms with Gasteiger partial charge in [-0.1, -0.05) is 41.9 Å². The Morgan fingerprint density at radius 2 is 1.76 bits per heavy atom. The Hall–Kier alpha value is -1.98. The van der Waals surface area contributed by atoms with Gasteiger partial charge in [-0.3, -0.25) is 0 Å². The second-order valence-electron chi connectivity index (χ2n) is 3.60. The Kier molecular flexibility index (Phi) is 3.64. The molecule has 2 aromatic carbocycles. The molecule has 0 saturated heterocycles. The van der Waals surface area contributed by atoms with E-state index in [1.165, 1.54) is 0 Å². The number of anilines is 1. The number of para-hydroxylation sites is 1. The molecule has 0 amide bonds. The van der Waals surface area contributed by atoms with E-state index in [4.69, 9.17) is 16.9 Å². The van der Waals surface area contributed by atoms with Gasteiger partial charge in [0, 0.05) is 11.6 Å². The minimum absolute atomic E-state index is 0.609. The van der Waals surface area contributed by atoms with E-state index in [1.807, 2.05) is 42.5 Å². The quantitative estimate of drug-likeness (QED) is 0.888. The highest BCUT2D eigenvalue weighted by atomic mass is 35.5. The van der Waals surface area contributed by atoms with Gasteiger partial charge in [-0.25, -0.2) is 0 Å². The van der Waals surface area contributed by atoms with Crippen molar-refractivity contribution in [1.82, 2.24) is 0 Å². The first kappa shape index (κ1) is 11.5. The molecule has 84 valence electrons. The molecule has 0 aliphatic heterocycles. The van der Waals surface area contributed by atoms with Gasteiger partial charge in [-0.05, 0) is 23.8 Å². The first-order chi connectivity index (χ1) is 8.31. The van der Waals surface area contributed by atoms with Gasteiger partial charge < -0.3 is 5.32 Å². The van der Waals surface area contributed by atoms with Crippen molar-refractivity contribution in [2.75, 3.05) is 5.32 Å². The monoisotopic (exact) mass is 242 g/mol. The van der Waals surface area contributed by atoms with Crippen LogP contribution in [-0.2, 0) is 6.54 Å². The summed E-state index contributed by atoms with van der Waals surface area (Å²) >= 11 is 6.06. The highest BCUT2D eigenvalue weighted by Crippen LogP contribution is 2.18. The molecule has 0 fully saturated rings. The van der Waals surface area contributed by atoms with E-state index in [1.54, 1.807) is 6.07 Å². The van der Waals surface area contributed by atoms with Crippen molar-refractivity contribution in [2.24, 2.45) is 0 Å². The first-order valence-corrected chi connectivity index (χ1v) is 5.65. The van der Waals surface area contributed by atoms with Crippen LogP contribution in [0.25, 0.3) is 0 Å². The van der Waals surface area contributed by atoms with E-state index in [0.717, 1.165) is 16.3 Å². The third kappa shape index (κ3) is 2.77. The van der Waals surface area contributed by atoms with E-state index >= 15 is 0 Å². The summed E-state index contributed by atoms with van der Waals surface area (Å²) in [4.78, 5) is 0. The fourth-order valence-electron chi connectivity index (χ4n) is 1.57. The Bertz CT molecular complexity index is 558. The maximum atomic E-state index is 8.95. The SMILES string of the molecule is N#Cc1ccccc1NCc1ccccc1Cl. The summed E-state index contributed by atoms with van der Waals surface area (Å²) in [7, 11) is 0. The third-order valence-corrected chi connectivity index (χ3v) is 2.84. The standard InChI is InChI=1S/C14H11ClN2/c15-13-7-3-1-6-12(13)10-17-14-8-4-2-5-11(14)9-16/h1-8,17H,10H2. The molecular formula is C14H11ClN2. The molecule has 0 atom stereocenters. The number of rotatable bonds is 3. The lowest BCUT2D eigenvalue weighted by Crippen LogP contribution is -2.01. The molecule has 0 bridgehead atoms. The number of nitriles is 1. The molecule has 0 aliphatic rings. The summed E-state index contributed by atoms with van der Waals surface area (Å²) in [6.07, 6.45) is 0. The number of nitrogens with one attached hydrogen (secondary N) is 1. The van der Waals surface area contributed by atoms with Gasteiger partial charge in [0.25, 0.3) is 0 Å². The number of hydrogen-bond acceptors (Lipinski definition) is 2. The van der Waals surface area contributed by atoms with Crippen molar-refractivity contribution >= 4 is 17.3 Å². The average molecular weight is 243 g/mol. The van der Waals surface area contributed by atoms with Crippen LogP contribution in [0.3, 0.4) is 0 Å². The van der Waals surface area contributed by atoms with Gasteiger partial charge in [0.05, 0.1) is 11.3 Å². The Morgan fingerprint density at radius 1 is 1.06 bits per heavy atom. The first-order valence-electron chi connectivity index (χ1n) is 5.27. The average Bonchev–Trinajstić information content (AvgIpc) is 2.38. The molecule has 3 heteroatoms. The van der Waals surface area contributed by atoms with Gasteiger partial charge in [0.1, 0.15) is 6.07 Å². The van der Waals surface area contributed by atoms with Gasteiger partial charge in [-0.15, -0.1) is 0 Å². The van der Waals surface area contributed by atoms with E-state index < -0.39 is 0 Å². The summed E-state index contributed by atoms with van der Waals surface area (Å²) in [6, 6.07) is 17.2. The predicted octanol–water partition coefficient (Wildman–Crippen LogP) is 3.82. The van der Waals surface area contributed by atoms with Crippen LogP contribution >= 0.6 is 11.6 Å². The smallest absolute Gasteiger partial charge is 0.101 e. The van der Waals surface area contributed by atoms with Crippen LogP contribution in [0.1, 0.15) is 11.1 Å². The highest BCUT2D eigenvalue weighted by Gasteiger charge is 2.02. The zero-order valence-electron chi connectivity index (χ0n) is 9.15. The van der Waals surface area contributed by atoms with Crippen molar-refractivity contribution in [3.63, 3.8) is 0 Å². The molecule has 1 N–H and O–H groups in total. The molecule has 0 unspecified atom stereocenters. The lowest BCUT2D eigenvalue weighted by molar-refractivity contribution is 1.15. The molecular weight excluding hydrogens is 232 g/mol. The van der Waals surface area contributed by atoms with E-state index in [2.05, 4.69) is 11.4 Å². The summed E-state index contributed by atoms with van der Waals surface area (Å²) < 4.78 is 0. The van der Waals surface area contributed by atoms with Crippen molar-refractivity contribution in [3.8, 4) is 6.07 Å². The molecule has 2 nitrogen and oxygen atoms in total. The van der Waals surface area contributed by atoms with Gasteiger partial charge >= 0.3 is 0 Å². The van der Waals surface area contributed by atoms with Crippen molar-refractivity contribution in [1.29, 1.82) is 5.26 Å². The van der Waals surface area contributed by atoms with Crippen molar-refractivity contribution in [3.05, 3.63) is 64.7 Å². The van der Waals surface area contributed by atoms with E-state index in [9.17, 15) is 0 Å². The van der Waals surface area contributed by atoms with Gasteiger partial charge in [0.15, 0.2) is 0 Å². The maximum Gasteiger partial charge on any atom is 0.101 e. The topological polar surface area (TPSA) is 35.8 Å². The Labute approximate surface area is 105 Å². The molecule has 2 rings (SSSR count). The summed E-state index contributed by atoms with van der Waals surface area (Å²) in [6.45, 7) is 0.609. The lowest BCUT2D eigenvalue weighted by atomic mass is 10.1. The minimum atomic E-state index is 0.609. The van der Waals surface area contributed by atoms with Crippen LogP contribution in [-0.4, -0.2) is 0 Å². The highest BCUT2D eigenvalue weighted by molar-refractivity contribution is 6.31. The van der Waals surface area contributed by atoms with Crippen molar-refractivity contribution in [2.45, 2.75) is 6.54 Å². The fraction of sp³-hybridized carbons (Fsp3) is 0.0714. The maximum absolute atomic E-state index is 8.95. The molecule has 0 heterocycles.